The van der Waals surface area contributed by atoms with E-state index in [1.54, 1.807) is 42.9 Å². The van der Waals surface area contributed by atoms with Gasteiger partial charge in [-0.2, -0.15) is 5.10 Å². The van der Waals surface area contributed by atoms with Gasteiger partial charge in [0.05, 0.1) is 0 Å². The lowest BCUT2D eigenvalue weighted by molar-refractivity contribution is 0.0692. The lowest BCUT2D eigenvalue weighted by Crippen LogP contribution is -2.17. The highest BCUT2D eigenvalue weighted by Gasteiger charge is 2.14. The number of aromatic carboxylic acids is 1. The molecule has 0 spiro atoms. The largest absolute Gasteiger partial charge is 0.507 e. The number of pyridine rings is 1. The smallest absolute Gasteiger partial charge is 0.339 e. The highest BCUT2D eigenvalue weighted by molar-refractivity contribution is 5.94. The molecule has 1 aromatic carbocycles. The molecule has 0 saturated heterocycles. The molecular formula is C21H25N3O4. The number of carbonyl (C=O) groups excluding carboxylic acids is 1. The van der Waals surface area contributed by atoms with Gasteiger partial charge < -0.3 is 10.2 Å². The number of rotatable bonds is 11. The van der Waals surface area contributed by atoms with Crippen molar-refractivity contribution < 1.29 is 19.8 Å². The molecule has 0 bridgehead atoms. The Morgan fingerprint density at radius 3 is 2.50 bits per heavy atom. The van der Waals surface area contributed by atoms with Crippen molar-refractivity contribution in [2.45, 2.75) is 44.9 Å². The summed E-state index contributed by atoms with van der Waals surface area (Å²) in [6.07, 6.45) is 11.2. The normalized spacial score (nSPS) is 10.9. The van der Waals surface area contributed by atoms with Crippen molar-refractivity contribution in [3.63, 3.8) is 0 Å². The van der Waals surface area contributed by atoms with Crippen molar-refractivity contribution in [1.29, 1.82) is 0 Å². The van der Waals surface area contributed by atoms with Crippen LogP contribution in [0.25, 0.3) is 0 Å². The number of hydrogen-bond donors (Lipinski definition) is 3. The SMILES string of the molecule is O=C(N/N=C/CCCCCCCc1cccc(O)c1C(=O)O)c1ccncc1. The molecule has 148 valence electrons. The minimum atomic E-state index is -1.09. The fraction of sp³-hybridized carbons (Fsp3) is 0.333. The van der Waals surface area contributed by atoms with Gasteiger partial charge in [-0.3, -0.25) is 9.78 Å². The first kappa shape index (κ1) is 21.1. The summed E-state index contributed by atoms with van der Waals surface area (Å²) in [6, 6.07) is 8.07. The van der Waals surface area contributed by atoms with E-state index in [-0.39, 0.29) is 17.2 Å². The zero-order valence-electron chi connectivity index (χ0n) is 15.7. The van der Waals surface area contributed by atoms with Crippen LogP contribution in [-0.4, -0.2) is 33.3 Å². The summed E-state index contributed by atoms with van der Waals surface area (Å²) in [7, 11) is 0. The Balaban J connectivity index is 1.56. The van der Waals surface area contributed by atoms with E-state index in [0.717, 1.165) is 38.5 Å². The maximum Gasteiger partial charge on any atom is 0.339 e. The monoisotopic (exact) mass is 383 g/mol. The molecule has 3 N–H and O–H groups in total. The van der Waals surface area contributed by atoms with Gasteiger partial charge in [-0.1, -0.05) is 31.4 Å². The minimum Gasteiger partial charge on any atom is -0.507 e. The Kier molecular flexibility index (Phi) is 8.65. The Morgan fingerprint density at radius 1 is 1.04 bits per heavy atom. The Morgan fingerprint density at radius 2 is 1.75 bits per heavy atom. The average Bonchev–Trinajstić information content (AvgIpc) is 2.69. The van der Waals surface area contributed by atoms with E-state index in [1.165, 1.54) is 6.07 Å². The zero-order chi connectivity index (χ0) is 20.2. The summed E-state index contributed by atoms with van der Waals surface area (Å²) < 4.78 is 0. The van der Waals surface area contributed by atoms with Gasteiger partial charge in [0, 0.05) is 24.2 Å². The van der Waals surface area contributed by atoms with Crippen LogP contribution in [0.2, 0.25) is 0 Å². The molecule has 0 saturated carbocycles. The molecule has 0 aliphatic heterocycles. The molecule has 0 atom stereocenters. The zero-order valence-corrected chi connectivity index (χ0v) is 15.7. The molecule has 7 heteroatoms. The molecule has 0 radical (unpaired) electrons. The fourth-order valence-corrected chi connectivity index (χ4v) is 2.86. The predicted octanol–water partition coefficient (Wildman–Crippen LogP) is 3.78. The van der Waals surface area contributed by atoms with E-state index in [2.05, 4.69) is 15.5 Å². The van der Waals surface area contributed by atoms with Gasteiger partial charge in [-0.05, 0) is 49.4 Å². The van der Waals surface area contributed by atoms with Crippen molar-refractivity contribution in [3.8, 4) is 5.75 Å². The van der Waals surface area contributed by atoms with Crippen LogP contribution < -0.4 is 5.43 Å². The van der Waals surface area contributed by atoms with Crippen molar-refractivity contribution in [2.24, 2.45) is 5.10 Å². The molecule has 2 aromatic rings. The van der Waals surface area contributed by atoms with E-state index in [1.807, 2.05) is 0 Å². The van der Waals surface area contributed by atoms with Gasteiger partial charge >= 0.3 is 5.97 Å². The first-order chi connectivity index (χ1) is 13.6. The highest BCUT2D eigenvalue weighted by Crippen LogP contribution is 2.22. The van der Waals surface area contributed by atoms with Crippen molar-refractivity contribution in [2.75, 3.05) is 0 Å². The number of carboxylic acids is 1. The Bertz CT molecular complexity index is 807. The number of hydrogen-bond acceptors (Lipinski definition) is 5. The molecular weight excluding hydrogens is 358 g/mol. The van der Waals surface area contributed by atoms with Crippen LogP contribution >= 0.6 is 0 Å². The summed E-state index contributed by atoms with van der Waals surface area (Å²) in [6.45, 7) is 0. The summed E-state index contributed by atoms with van der Waals surface area (Å²) in [5.41, 5.74) is 3.68. The van der Waals surface area contributed by atoms with E-state index in [4.69, 9.17) is 0 Å². The van der Waals surface area contributed by atoms with Gasteiger partial charge in [-0.15, -0.1) is 0 Å². The molecule has 2 rings (SSSR count). The van der Waals surface area contributed by atoms with Gasteiger partial charge in [-0.25, -0.2) is 10.2 Å². The standard InChI is InChI=1S/C21H25N3O4/c25-18-10-7-9-16(19(18)21(27)28)8-5-3-1-2-4-6-13-23-24-20(26)17-11-14-22-15-12-17/h7,9-15,25H,1-6,8H2,(H,24,26)(H,27,28)/b23-13+. The quantitative estimate of drug-likeness (QED) is 0.310. The van der Waals surface area contributed by atoms with Gasteiger partial charge in [0.15, 0.2) is 0 Å². The van der Waals surface area contributed by atoms with Crippen LogP contribution in [0.1, 0.15) is 64.8 Å². The molecule has 1 amide bonds. The van der Waals surface area contributed by atoms with Crippen molar-refractivity contribution >= 4 is 18.1 Å². The van der Waals surface area contributed by atoms with Gasteiger partial charge in [0.2, 0.25) is 0 Å². The first-order valence-electron chi connectivity index (χ1n) is 9.35. The second kappa shape index (κ2) is 11.5. The highest BCUT2D eigenvalue weighted by atomic mass is 16.4. The Labute approximate surface area is 164 Å². The number of aryl methyl sites for hydroxylation is 1. The third kappa shape index (κ3) is 6.83. The summed E-state index contributed by atoms with van der Waals surface area (Å²) in [5, 5.41) is 22.8. The number of aromatic hydroxyl groups is 1. The molecule has 0 aliphatic rings. The molecule has 28 heavy (non-hydrogen) atoms. The second-order valence-electron chi connectivity index (χ2n) is 6.41. The lowest BCUT2D eigenvalue weighted by atomic mass is 9.99. The number of aromatic nitrogens is 1. The molecule has 0 unspecified atom stereocenters. The van der Waals surface area contributed by atoms with Crippen LogP contribution in [-0.2, 0) is 6.42 Å². The summed E-state index contributed by atoms with van der Waals surface area (Å²) in [4.78, 5) is 26.8. The number of carboxylic acid groups (broad SMARTS) is 1. The number of hydrazone groups is 1. The van der Waals surface area contributed by atoms with Crippen LogP contribution in [0.3, 0.4) is 0 Å². The third-order valence-corrected chi connectivity index (χ3v) is 4.32. The maximum absolute atomic E-state index is 11.8. The Hall–Kier alpha value is -3.22. The van der Waals surface area contributed by atoms with Crippen molar-refractivity contribution in [3.05, 3.63) is 59.4 Å². The van der Waals surface area contributed by atoms with Gasteiger partial charge in [0.25, 0.3) is 5.91 Å². The van der Waals surface area contributed by atoms with Crippen LogP contribution in [0.5, 0.6) is 5.75 Å². The van der Waals surface area contributed by atoms with E-state index in [0.29, 0.717) is 17.5 Å². The number of unbranched alkanes of at least 4 members (excludes halogenated alkanes) is 5. The molecule has 1 aromatic heterocycles. The summed E-state index contributed by atoms with van der Waals surface area (Å²) >= 11 is 0. The van der Waals surface area contributed by atoms with Crippen molar-refractivity contribution in [1.82, 2.24) is 10.4 Å². The number of phenols is 1. The van der Waals surface area contributed by atoms with E-state index < -0.39 is 5.97 Å². The molecule has 1 heterocycles. The number of amides is 1. The van der Waals surface area contributed by atoms with Crippen LogP contribution in [0.4, 0.5) is 0 Å². The number of carbonyl (C=O) groups is 2. The number of nitrogens with one attached hydrogen (secondary N) is 1. The number of benzene rings is 1. The second-order valence-corrected chi connectivity index (χ2v) is 6.41. The lowest BCUT2D eigenvalue weighted by Gasteiger charge is -2.07. The first-order valence-corrected chi connectivity index (χ1v) is 9.35. The van der Waals surface area contributed by atoms with Crippen LogP contribution in [0, 0.1) is 0 Å². The predicted molar refractivity (Wildman–Crippen MR) is 107 cm³/mol. The summed E-state index contributed by atoms with van der Waals surface area (Å²) in [5.74, 6) is -1.53. The fourth-order valence-electron chi connectivity index (χ4n) is 2.86. The minimum absolute atomic E-state index is 0.00697. The average molecular weight is 383 g/mol. The maximum atomic E-state index is 11.8. The molecule has 0 fully saturated rings. The third-order valence-electron chi connectivity index (χ3n) is 4.32. The number of nitrogens with zero attached hydrogens (tertiary/aromatic N) is 2. The molecule has 7 nitrogen and oxygen atoms in total. The van der Waals surface area contributed by atoms with Gasteiger partial charge in [0.1, 0.15) is 11.3 Å². The van der Waals surface area contributed by atoms with E-state index in [9.17, 15) is 19.8 Å². The van der Waals surface area contributed by atoms with E-state index >= 15 is 0 Å². The topological polar surface area (TPSA) is 112 Å². The van der Waals surface area contributed by atoms with Crippen LogP contribution in [0.15, 0.2) is 47.8 Å². The molecule has 0 aliphatic carbocycles.